The summed E-state index contributed by atoms with van der Waals surface area (Å²) in [4.78, 5) is 4.27. The van der Waals surface area contributed by atoms with Crippen LogP contribution < -0.4 is 15.2 Å². The van der Waals surface area contributed by atoms with Gasteiger partial charge in [0.2, 0.25) is 5.95 Å². The Labute approximate surface area is 127 Å². The summed E-state index contributed by atoms with van der Waals surface area (Å²) in [5, 5.41) is 4.40. The van der Waals surface area contributed by atoms with Gasteiger partial charge < -0.3 is 15.2 Å². The van der Waals surface area contributed by atoms with Crippen molar-refractivity contribution in [2.24, 2.45) is 5.10 Å². The van der Waals surface area contributed by atoms with E-state index in [0.29, 0.717) is 17.4 Å². The Morgan fingerprint density at radius 1 is 1.09 bits per heavy atom. The van der Waals surface area contributed by atoms with Crippen LogP contribution in [0.2, 0.25) is 0 Å². The van der Waals surface area contributed by atoms with E-state index in [1.165, 1.54) is 0 Å². The first-order valence-corrected chi connectivity index (χ1v) is 6.72. The molecule has 1 aromatic heterocycles. The SMILES string of the molecule is COc1ccc(/C=N/n2c(N)nc3ccccc32)cc1OC. The van der Waals surface area contributed by atoms with Crippen molar-refractivity contribution in [1.29, 1.82) is 0 Å². The molecule has 0 atom stereocenters. The minimum absolute atomic E-state index is 0.345. The molecular weight excluding hydrogens is 280 g/mol. The van der Waals surface area contributed by atoms with Crippen LogP contribution in [0, 0.1) is 0 Å². The number of hydrogen-bond acceptors (Lipinski definition) is 5. The van der Waals surface area contributed by atoms with Crippen LogP contribution in [0.15, 0.2) is 47.6 Å². The number of nitrogens with zero attached hydrogens (tertiary/aromatic N) is 3. The lowest BCUT2D eigenvalue weighted by Gasteiger charge is -2.07. The van der Waals surface area contributed by atoms with Crippen LogP contribution >= 0.6 is 0 Å². The largest absolute Gasteiger partial charge is 0.493 e. The molecule has 1 heterocycles. The van der Waals surface area contributed by atoms with Crippen molar-refractivity contribution in [1.82, 2.24) is 9.66 Å². The number of benzene rings is 2. The van der Waals surface area contributed by atoms with Gasteiger partial charge >= 0.3 is 0 Å². The molecule has 6 nitrogen and oxygen atoms in total. The monoisotopic (exact) mass is 296 g/mol. The summed E-state index contributed by atoms with van der Waals surface area (Å²) in [5.41, 5.74) is 8.45. The van der Waals surface area contributed by atoms with Crippen LogP contribution in [0.3, 0.4) is 0 Å². The molecule has 0 aliphatic rings. The molecule has 0 saturated carbocycles. The van der Waals surface area contributed by atoms with E-state index >= 15 is 0 Å². The molecule has 0 spiro atoms. The van der Waals surface area contributed by atoms with Gasteiger partial charge in [0.25, 0.3) is 0 Å². The zero-order valence-corrected chi connectivity index (χ0v) is 12.4. The van der Waals surface area contributed by atoms with Crippen molar-refractivity contribution >= 4 is 23.2 Å². The van der Waals surface area contributed by atoms with Gasteiger partial charge in [0, 0.05) is 0 Å². The molecule has 3 aromatic rings. The number of ether oxygens (including phenoxy) is 2. The summed E-state index contributed by atoms with van der Waals surface area (Å²) in [5.74, 6) is 1.67. The van der Waals surface area contributed by atoms with Gasteiger partial charge in [-0.05, 0) is 35.9 Å². The van der Waals surface area contributed by atoms with Crippen molar-refractivity contribution in [3.8, 4) is 11.5 Å². The first kappa shape index (κ1) is 13.9. The number of aromatic nitrogens is 2. The highest BCUT2D eigenvalue weighted by molar-refractivity contribution is 5.83. The molecule has 6 heteroatoms. The molecule has 0 bridgehead atoms. The van der Waals surface area contributed by atoms with Gasteiger partial charge in [-0.2, -0.15) is 9.78 Å². The smallest absolute Gasteiger partial charge is 0.222 e. The summed E-state index contributed by atoms with van der Waals surface area (Å²) in [6.45, 7) is 0. The fourth-order valence-electron chi connectivity index (χ4n) is 2.21. The number of methoxy groups -OCH3 is 2. The third-order valence-electron chi connectivity index (χ3n) is 3.29. The highest BCUT2D eigenvalue weighted by Gasteiger charge is 2.06. The van der Waals surface area contributed by atoms with Crippen molar-refractivity contribution in [2.75, 3.05) is 20.0 Å². The number of anilines is 1. The van der Waals surface area contributed by atoms with Crippen molar-refractivity contribution < 1.29 is 9.47 Å². The zero-order valence-electron chi connectivity index (χ0n) is 12.4. The number of nitrogens with two attached hydrogens (primary N) is 1. The fraction of sp³-hybridized carbons (Fsp3) is 0.125. The van der Waals surface area contributed by atoms with Crippen LogP contribution in [0.5, 0.6) is 11.5 Å². The molecule has 22 heavy (non-hydrogen) atoms. The highest BCUT2D eigenvalue weighted by atomic mass is 16.5. The van der Waals surface area contributed by atoms with E-state index < -0.39 is 0 Å². The maximum absolute atomic E-state index is 5.91. The van der Waals surface area contributed by atoms with Gasteiger partial charge in [-0.25, -0.2) is 4.98 Å². The Kier molecular flexibility index (Phi) is 3.65. The van der Waals surface area contributed by atoms with Crippen LogP contribution in [0.4, 0.5) is 5.95 Å². The van der Waals surface area contributed by atoms with Crippen LogP contribution in [0.25, 0.3) is 11.0 Å². The lowest BCUT2D eigenvalue weighted by molar-refractivity contribution is 0.355. The molecule has 0 radical (unpaired) electrons. The zero-order chi connectivity index (χ0) is 15.5. The number of fused-ring (bicyclic) bond motifs is 1. The topological polar surface area (TPSA) is 74.7 Å². The van der Waals surface area contributed by atoms with E-state index in [1.54, 1.807) is 25.1 Å². The van der Waals surface area contributed by atoms with E-state index in [2.05, 4.69) is 10.1 Å². The normalized spacial score (nSPS) is 11.2. The molecular formula is C16H16N4O2. The first-order chi connectivity index (χ1) is 10.7. The third-order valence-corrected chi connectivity index (χ3v) is 3.29. The minimum atomic E-state index is 0.345. The van der Waals surface area contributed by atoms with E-state index in [4.69, 9.17) is 15.2 Å². The van der Waals surface area contributed by atoms with Gasteiger partial charge in [-0.1, -0.05) is 12.1 Å². The molecule has 2 N–H and O–H groups in total. The minimum Gasteiger partial charge on any atom is -0.493 e. The van der Waals surface area contributed by atoms with Crippen molar-refractivity contribution in [2.45, 2.75) is 0 Å². The number of nitrogen functional groups attached to an aromatic ring is 1. The predicted molar refractivity (Wildman–Crippen MR) is 86.7 cm³/mol. The average Bonchev–Trinajstić information content (AvgIpc) is 2.87. The molecule has 0 aliphatic carbocycles. The summed E-state index contributed by atoms with van der Waals surface area (Å²) in [7, 11) is 3.20. The van der Waals surface area contributed by atoms with Crippen molar-refractivity contribution in [3.63, 3.8) is 0 Å². The first-order valence-electron chi connectivity index (χ1n) is 6.72. The molecule has 0 amide bonds. The van der Waals surface area contributed by atoms with Gasteiger partial charge in [0.05, 0.1) is 31.5 Å². The van der Waals surface area contributed by atoms with Crippen molar-refractivity contribution in [3.05, 3.63) is 48.0 Å². The van der Waals surface area contributed by atoms with Gasteiger partial charge in [-0.15, -0.1) is 0 Å². The molecule has 2 aromatic carbocycles. The van der Waals surface area contributed by atoms with Crippen LogP contribution in [-0.4, -0.2) is 30.1 Å². The lowest BCUT2D eigenvalue weighted by atomic mass is 10.2. The standard InChI is InChI=1S/C16H16N4O2/c1-21-14-8-7-11(9-15(14)22-2)10-18-20-13-6-4-3-5-12(13)19-16(20)17/h3-10H,1-2H3,(H2,17,19)/b18-10+. The van der Waals surface area contributed by atoms with Gasteiger partial charge in [0.1, 0.15) is 0 Å². The fourth-order valence-corrected chi connectivity index (χ4v) is 2.21. The second-order valence-corrected chi connectivity index (χ2v) is 4.63. The average molecular weight is 296 g/mol. The Hall–Kier alpha value is -3.02. The Bertz CT molecular complexity index is 839. The third kappa shape index (κ3) is 2.46. The second-order valence-electron chi connectivity index (χ2n) is 4.63. The summed E-state index contributed by atoms with van der Waals surface area (Å²) in [6.07, 6.45) is 1.70. The number of rotatable bonds is 4. The number of para-hydroxylation sites is 2. The maximum atomic E-state index is 5.91. The summed E-state index contributed by atoms with van der Waals surface area (Å²) in [6, 6.07) is 13.2. The number of hydrogen-bond donors (Lipinski definition) is 1. The predicted octanol–water partition coefficient (Wildman–Crippen LogP) is 2.52. The van der Waals surface area contributed by atoms with Gasteiger partial charge in [-0.3, -0.25) is 0 Å². The van der Waals surface area contributed by atoms with E-state index in [0.717, 1.165) is 16.6 Å². The summed E-state index contributed by atoms with van der Waals surface area (Å²) < 4.78 is 12.1. The molecule has 0 fully saturated rings. The second kappa shape index (κ2) is 5.77. The Morgan fingerprint density at radius 3 is 2.64 bits per heavy atom. The number of imidazole rings is 1. The highest BCUT2D eigenvalue weighted by Crippen LogP contribution is 2.27. The molecule has 0 unspecified atom stereocenters. The summed E-state index contributed by atoms with van der Waals surface area (Å²) >= 11 is 0. The molecule has 112 valence electrons. The lowest BCUT2D eigenvalue weighted by Crippen LogP contribution is -1.98. The van der Waals surface area contributed by atoms with E-state index in [1.807, 2.05) is 42.5 Å². The molecule has 0 aliphatic heterocycles. The Balaban J connectivity index is 1.98. The van der Waals surface area contributed by atoms with Gasteiger partial charge in [0.15, 0.2) is 11.5 Å². The Morgan fingerprint density at radius 2 is 1.86 bits per heavy atom. The van der Waals surface area contributed by atoms with Crippen LogP contribution in [-0.2, 0) is 0 Å². The molecule has 3 rings (SSSR count). The van der Waals surface area contributed by atoms with E-state index in [9.17, 15) is 0 Å². The maximum Gasteiger partial charge on any atom is 0.222 e. The quantitative estimate of drug-likeness (QED) is 0.751. The van der Waals surface area contributed by atoms with Crippen LogP contribution in [0.1, 0.15) is 5.56 Å². The molecule has 0 saturated heterocycles. The van der Waals surface area contributed by atoms with E-state index in [-0.39, 0.29) is 0 Å².